The van der Waals surface area contributed by atoms with E-state index in [0.29, 0.717) is 17.3 Å². The summed E-state index contributed by atoms with van der Waals surface area (Å²) in [6.45, 7) is 9.51. The van der Waals surface area contributed by atoms with Gasteiger partial charge in [0, 0.05) is 18.3 Å². The SMILES string of the molecule is COc1cc(C(C)Nc2ccc(S(=O)(=O)N(C(C)C)C(C)C)cn2)ccc1OCCO. The Morgan fingerprint density at radius 3 is 2.26 bits per heavy atom. The van der Waals surface area contributed by atoms with Crippen LogP contribution in [0.1, 0.15) is 46.2 Å². The first kappa shape index (κ1) is 24.9. The fraction of sp³-hybridized carbons (Fsp3) is 0.500. The Morgan fingerprint density at radius 1 is 1.06 bits per heavy atom. The maximum Gasteiger partial charge on any atom is 0.245 e. The standard InChI is InChI=1S/C22H33N3O5S/c1-15(2)25(16(3)4)31(27,28)19-8-10-22(23-14-19)24-17(5)18-7-9-20(30-12-11-26)21(13-18)29-6/h7-10,13-17,26H,11-12H2,1-6H3,(H,23,24). The highest BCUT2D eigenvalue weighted by Crippen LogP contribution is 2.31. The molecule has 9 heteroatoms. The molecule has 0 aliphatic heterocycles. The number of aliphatic hydroxyl groups is 1. The summed E-state index contributed by atoms with van der Waals surface area (Å²) in [6.07, 6.45) is 1.38. The van der Waals surface area contributed by atoms with E-state index in [9.17, 15) is 8.42 Å². The Hall–Kier alpha value is -2.36. The number of sulfonamides is 1. The number of aliphatic hydroxyl groups excluding tert-OH is 1. The van der Waals surface area contributed by atoms with Crippen LogP contribution in [0.4, 0.5) is 5.82 Å². The number of nitrogens with zero attached hydrogens (tertiary/aromatic N) is 2. The van der Waals surface area contributed by atoms with E-state index in [1.54, 1.807) is 25.3 Å². The molecule has 2 rings (SSSR count). The lowest BCUT2D eigenvalue weighted by Crippen LogP contribution is -2.41. The van der Waals surface area contributed by atoms with Crippen LogP contribution >= 0.6 is 0 Å². The first-order valence-corrected chi connectivity index (χ1v) is 11.7. The summed E-state index contributed by atoms with van der Waals surface area (Å²) in [7, 11) is -2.07. The van der Waals surface area contributed by atoms with Crippen molar-refractivity contribution in [2.75, 3.05) is 25.6 Å². The highest BCUT2D eigenvalue weighted by molar-refractivity contribution is 7.89. The van der Waals surface area contributed by atoms with Gasteiger partial charge in [0.25, 0.3) is 0 Å². The van der Waals surface area contributed by atoms with E-state index >= 15 is 0 Å². The van der Waals surface area contributed by atoms with Gasteiger partial charge in [-0.05, 0) is 64.4 Å². The summed E-state index contributed by atoms with van der Waals surface area (Å²) in [5.41, 5.74) is 0.942. The van der Waals surface area contributed by atoms with Gasteiger partial charge in [0.05, 0.1) is 19.8 Å². The molecule has 8 nitrogen and oxygen atoms in total. The van der Waals surface area contributed by atoms with E-state index in [1.165, 1.54) is 10.5 Å². The molecule has 0 amide bonds. The molecule has 0 aliphatic carbocycles. The van der Waals surface area contributed by atoms with Gasteiger partial charge < -0.3 is 19.9 Å². The van der Waals surface area contributed by atoms with Crippen LogP contribution in [0.5, 0.6) is 11.5 Å². The molecule has 2 aromatic rings. The molecule has 0 saturated heterocycles. The molecule has 1 heterocycles. The monoisotopic (exact) mass is 451 g/mol. The van der Waals surface area contributed by atoms with Crippen LogP contribution in [0.15, 0.2) is 41.4 Å². The number of hydrogen-bond acceptors (Lipinski definition) is 7. The molecule has 0 saturated carbocycles. The molecule has 1 aromatic carbocycles. The fourth-order valence-corrected chi connectivity index (χ4v) is 5.20. The van der Waals surface area contributed by atoms with Crippen LogP contribution in [-0.2, 0) is 10.0 Å². The van der Waals surface area contributed by atoms with Gasteiger partial charge in [-0.25, -0.2) is 13.4 Å². The van der Waals surface area contributed by atoms with Crippen molar-refractivity contribution >= 4 is 15.8 Å². The average molecular weight is 452 g/mol. The molecule has 0 bridgehead atoms. The lowest BCUT2D eigenvalue weighted by molar-refractivity contribution is 0.196. The van der Waals surface area contributed by atoms with Crippen LogP contribution < -0.4 is 14.8 Å². The normalized spacial score (nSPS) is 13.0. The molecule has 1 unspecified atom stereocenters. The molecule has 0 fully saturated rings. The van der Waals surface area contributed by atoms with Crippen molar-refractivity contribution in [3.63, 3.8) is 0 Å². The number of hydrogen-bond donors (Lipinski definition) is 2. The molecule has 0 spiro atoms. The van der Waals surface area contributed by atoms with Gasteiger partial charge in [0.1, 0.15) is 17.3 Å². The number of benzene rings is 1. The number of methoxy groups -OCH3 is 1. The van der Waals surface area contributed by atoms with Gasteiger partial charge in [-0.2, -0.15) is 4.31 Å². The predicted octanol–water partition coefficient (Wildman–Crippen LogP) is 3.44. The summed E-state index contributed by atoms with van der Waals surface area (Å²) < 4.78 is 38.3. The number of pyridine rings is 1. The maximum atomic E-state index is 13.0. The second kappa shape index (κ2) is 10.8. The Morgan fingerprint density at radius 2 is 1.74 bits per heavy atom. The maximum absolute atomic E-state index is 13.0. The zero-order valence-corrected chi connectivity index (χ0v) is 19.8. The molecular weight excluding hydrogens is 418 g/mol. The van der Waals surface area contributed by atoms with Crippen LogP contribution in [-0.4, -0.2) is 55.2 Å². The minimum Gasteiger partial charge on any atom is -0.493 e. The van der Waals surface area contributed by atoms with Crippen LogP contribution in [0, 0.1) is 0 Å². The van der Waals surface area contributed by atoms with Crippen molar-refractivity contribution in [1.82, 2.24) is 9.29 Å². The van der Waals surface area contributed by atoms with Gasteiger partial charge >= 0.3 is 0 Å². The zero-order chi connectivity index (χ0) is 23.2. The first-order valence-electron chi connectivity index (χ1n) is 10.3. The largest absolute Gasteiger partial charge is 0.493 e. The van der Waals surface area contributed by atoms with Crippen molar-refractivity contribution in [2.45, 2.75) is 57.6 Å². The van der Waals surface area contributed by atoms with Crippen LogP contribution in [0.2, 0.25) is 0 Å². The highest BCUT2D eigenvalue weighted by Gasteiger charge is 2.29. The van der Waals surface area contributed by atoms with Crippen LogP contribution in [0.25, 0.3) is 0 Å². The number of nitrogens with one attached hydrogen (secondary N) is 1. The molecule has 31 heavy (non-hydrogen) atoms. The van der Waals surface area contributed by atoms with Crippen molar-refractivity contribution in [1.29, 1.82) is 0 Å². The van der Waals surface area contributed by atoms with Crippen LogP contribution in [0.3, 0.4) is 0 Å². The van der Waals surface area contributed by atoms with Gasteiger partial charge in [-0.1, -0.05) is 6.07 Å². The first-order chi connectivity index (χ1) is 14.6. The van der Waals surface area contributed by atoms with E-state index < -0.39 is 10.0 Å². The summed E-state index contributed by atoms with van der Waals surface area (Å²) >= 11 is 0. The second-order valence-electron chi connectivity index (χ2n) is 7.75. The van der Waals surface area contributed by atoms with E-state index in [2.05, 4.69) is 10.3 Å². The number of rotatable bonds is 11. The fourth-order valence-electron chi connectivity index (χ4n) is 3.42. The van der Waals surface area contributed by atoms with Gasteiger partial charge in [-0.3, -0.25) is 0 Å². The topological polar surface area (TPSA) is 101 Å². The Labute approximate surface area is 185 Å². The van der Waals surface area contributed by atoms with E-state index in [-0.39, 0.29) is 36.2 Å². The van der Waals surface area contributed by atoms with Crippen molar-refractivity contribution in [3.05, 3.63) is 42.1 Å². The van der Waals surface area contributed by atoms with E-state index in [1.807, 2.05) is 46.8 Å². The lowest BCUT2D eigenvalue weighted by Gasteiger charge is -2.29. The Balaban J connectivity index is 2.17. The molecule has 0 radical (unpaired) electrons. The number of ether oxygens (including phenoxy) is 2. The number of anilines is 1. The Kier molecular flexibility index (Phi) is 8.67. The van der Waals surface area contributed by atoms with Gasteiger partial charge in [-0.15, -0.1) is 0 Å². The summed E-state index contributed by atoms with van der Waals surface area (Å²) in [5, 5.41) is 12.2. The summed E-state index contributed by atoms with van der Waals surface area (Å²) in [4.78, 5) is 4.48. The Bertz CT molecular complexity index is 938. The minimum atomic E-state index is -3.62. The van der Waals surface area contributed by atoms with Crippen molar-refractivity contribution in [2.24, 2.45) is 0 Å². The molecule has 2 N–H and O–H groups in total. The van der Waals surface area contributed by atoms with Crippen molar-refractivity contribution in [3.8, 4) is 11.5 Å². The minimum absolute atomic E-state index is 0.0770. The third kappa shape index (κ3) is 6.09. The number of aromatic nitrogens is 1. The molecule has 172 valence electrons. The molecular formula is C22H33N3O5S. The van der Waals surface area contributed by atoms with E-state index in [0.717, 1.165) is 5.56 Å². The third-order valence-electron chi connectivity index (χ3n) is 4.73. The zero-order valence-electron chi connectivity index (χ0n) is 19.0. The second-order valence-corrected chi connectivity index (χ2v) is 9.59. The molecule has 1 atom stereocenters. The van der Waals surface area contributed by atoms with E-state index in [4.69, 9.17) is 14.6 Å². The highest BCUT2D eigenvalue weighted by atomic mass is 32.2. The predicted molar refractivity (Wildman–Crippen MR) is 121 cm³/mol. The van der Waals surface area contributed by atoms with Gasteiger partial charge in [0.15, 0.2) is 11.5 Å². The average Bonchev–Trinajstić information content (AvgIpc) is 2.71. The third-order valence-corrected chi connectivity index (χ3v) is 6.97. The molecule has 1 aromatic heterocycles. The summed E-state index contributed by atoms with van der Waals surface area (Å²) in [5.74, 6) is 1.68. The van der Waals surface area contributed by atoms with Gasteiger partial charge in [0.2, 0.25) is 10.0 Å². The smallest absolute Gasteiger partial charge is 0.245 e. The lowest BCUT2D eigenvalue weighted by atomic mass is 10.1. The quantitative estimate of drug-likeness (QED) is 0.540. The summed E-state index contributed by atoms with van der Waals surface area (Å²) in [6, 6.07) is 8.36. The van der Waals surface area contributed by atoms with Crippen molar-refractivity contribution < 1.29 is 23.0 Å². The molecule has 0 aliphatic rings.